The second kappa shape index (κ2) is 2.56. The molecular formula is C8H10ClF2NO. The number of carbonyl (C=O) groups excluding carboxylic acids is 1. The molecule has 13 heavy (non-hydrogen) atoms. The van der Waals surface area contributed by atoms with Crippen molar-refractivity contribution in [1.82, 2.24) is 4.90 Å². The highest BCUT2D eigenvalue weighted by Crippen LogP contribution is 2.56. The van der Waals surface area contributed by atoms with Crippen LogP contribution in [0.1, 0.15) is 12.8 Å². The summed E-state index contributed by atoms with van der Waals surface area (Å²) in [5, 5.41) is 0. The maximum Gasteiger partial charge on any atom is 0.249 e. The Morgan fingerprint density at radius 3 is 2.31 bits per heavy atom. The molecule has 5 heteroatoms. The molecule has 1 saturated carbocycles. The minimum atomic E-state index is -2.49. The number of hydrogen-bond acceptors (Lipinski definition) is 1. The van der Waals surface area contributed by atoms with E-state index in [-0.39, 0.29) is 30.0 Å². The van der Waals surface area contributed by atoms with Crippen LogP contribution in [0.3, 0.4) is 0 Å². The van der Waals surface area contributed by atoms with Gasteiger partial charge in [-0.25, -0.2) is 8.78 Å². The van der Waals surface area contributed by atoms with Crippen LogP contribution in [0.5, 0.6) is 0 Å². The number of carbonyl (C=O) groups is 1. The molecule has 2 fully saturated rings. The molecule has 1 aliphatic heterocycles. The Labute approximate surface area is 79.8 Å². The Morgan fingerprint density at radius 1 is 1.38 bits per heavy atom. The smallest absolute Gasteiger partial charge is 0.249 e. The van der Waals surface area contributed by atoms with Crippen molar-refractivity contribution in [3.63, 3.8) is 0 Å². The molecule has 0 bridgehead atoms. The lowest BCUT2D eigenvalue weighted by molar-refractivity contribution is -0.213. The van der Waals surface area contributed by atoms with Gasteiger partial charge in [0.05, 0.1) is 0 Å². The van der Waals surface area contributed by atoms with E-state index in [4.69, 9.17) is 11.6 Å². The third-order valence-corrected chi connectivity index (χ3v) is 3.02. The predicted octanol–water partition coefficient (Wildman–Crippen LogP) is 1.48. The molecule has 0 N–H and O–H groups in total. The molecule has 2 aliphatic rings. The van der Waals surface area contributed by atoms with Crippen LogP contribution >= 0.6 is 11.6 Å². The maximum absolute atomic E-state index is 12.5. The monoisotopic (exact) mass is 209 g/mol. The minimum Gasteiger partial charge on any atom is -0.340 e. The molecule has 0 aromatic heterocycles. The van der Waals surface area contributed by atoms with Gasteiger partial charge in [0.25, 0.3) is 0 Å². The van der Waals surface area contributed by atoms with Gasteiger partial charge in [-0.3, -0.25) is 4.79 Å². The van der Waals surface area contributed by atoms with Gasteiger partial charge >= 0.3 is 0 Å². The number of alkyl halides is 3. The van der Waals surface area contributed by atoms with Gasteiger partial charge in [0.2, 0.25) is 11.8 Å². The summed E-state index contributed by atoms with van der Waals surface area (Å²) in [6.45, 7) is 0.933. The number of amides is 1. The van der Waals surface area contributed by atoms with Crippen LogP contribution in [0.4, 0.5) is 8.78 Å². The second-order valence-corrected chi connectivity index (χ2v) is 4.36. The number of rotatable bonds is 1. The van der Waals surface area contributed by atoms with Crippen molar-refractivity contribution in [3.05, 3.63) is 0 Å². The van der Waals surface area contributed by atoms with E-state index < -0.39 is 5.92 Å². The molecule has 2 nitrogen and oxygen atoms in total. The minimum absolute atomic E-state index is 0.0491. The largest absolute Gasteiger partial charge is 0.340 e. The van der Waals surface area contributed by atoms with Crippen LogP contribution in [-0.2, 0) is 4.79 Å². The van der Waals surface area contributed by atoms with Crippen LogP contribution < -0.4 is 0 Å². The number of hydrogen-bond donors (Lipinski definition) is 0. The Balaban J connectivity index is 1.83. The van der Waals surface area contributed by atoms with Crippen molar-refractivity contribution in [1.29, 1.82) is 0 Å². The summed E-state index contributed by atoms with van der Waals surface area (Å²) in [6, 6.07) is 0. The molecule has 2 rings (SSSR count). The fraction of sp³-hybridized carbons (Fsp3) is 0.875. The Hall–Kier alpha value is -0.380. The van der Waals surface area contributed by atoms with E-state index in [0.29, 0.717) is 13.1 Å². The highest BCUT2D eigenvalue weighted by atomic mass is 35.5. The highest BCUT2D eigenvalue weighted by Gasteiger charge is 2.62. The van der Waals surface area contributed by atoms with Gasteiger partial charge in [-0.1, -0.05) is 0 Å². The van der Waals surface area contributed by atoms with Gasteiger partial charge in [-0.05, 0) is 0 Å². The first-order valence-corrected chi connectivity index (χ1v) is 4.71. The standard InChI is InChI=1S/C8H10ClF2NO/c9-1-6(13)12-4-7(5-12)2-8(10,11)3-7/h1-5H2. The number of nitrogens with zero attached hydrogens (tertiary/aromatic N) is 1. The first-order valence-electron chi connectivity index (χ1n) is 4.18. The summed E-state index contributed by atoms with van der Waals surface area (Å²) in [6.07, 6.45) is -0.127. The first kappa shape index (κ1) is 9.19. The zero-order valence-electron chi connectivity index (χ0n) is 7.02. The fourth-order valence-electron chi connectivity index (χ4n) is 2.29. The molecule has 0 unspecified atom stereocenters. The van der Waals surface area contributed by atoms with Crippen LogP contribution in [0.2, 0.25) is 0 Å². The topological polar surface area (TPSA) is 20.3 Å². The summed E-state index contributed by atoms with van der Waals surface area (Å²) >= 11 is 5.33. The molecule has 0 atom stereocenters. The molecule has 74 valence electrons. The van der Waals surface area contributed by atoms with Gasteiger partial charge in [0.15, 0.2) is 0 Å². The summed E-state index contributed by atoms with van der Waals surface area (Å²) in [7, 11) is 0. The van der Waals surface area contributed by atoms with Crippen molar-refractivity contribution in [2.75, 3.05) is 19.0 Å². The van der Waals surface area contributed by atoms with Crippen LogP contribution in [-0.4, -0.2) is 35.7 Å². The van der Waals surface area contributed by atoms with E-state index in [1.165, 1.54) is 0 Å². The SMILES string of the molecule is O=C(CCl)N1CC2(C1)CC(F)(F)C2. The van der Waals surface area contributed by atoms with Gasteiger partial charge in [-0.2, -0.15) is 0 Å². The molecule has 1 amide bonds. The van der Waals surface area contributed by atoms with E-state index in [0.717, 1.165) is 0 Å². The molecule has 1 aliphatic carbocycles. The van der Waals surface area contributed by atoms with E-state index in [9.17, 15) is 13.6 Å². The zero-order valence-corrected chi connectivity index (χ0v) is 7.78. The molecule has 0 aromatic rings. The quantitative estimate of drug-likeness (QED) is 0.599. The summed E-state index contributed by atoms with van der Waals surface area (Å²) in [5.74, 6) is -2.69. The van der Waals surface area contributed by atoms with Gasteiger partial charge < -0.3 is 4.90 Å². The van der Waals surface area contributed by atoms with Gasteiger partial charge in [0, 0.05) is 31.3 Å². The van der Waals surface area contributed by atoms with Crippen LogP contribution in [0.15, 0.2) is 0 Å². The van der Waals surface area contributed by atoms with Crippen molar-refractivity contribution in [2.45, 2.75) is 18.8 Å². The third kappa shape index (κ3) is 1.41. The second-order valence-electron chi connectivity index (χ2n) is 4.09. The fourth-order valence-corrected chi connectivity index (χ4v) is 2.46. The molecule has 1 heterocycles. The van der Waals surface area contributed by atoms with Gasteiger partial charge in [-0.15, -0.1) is 11.6 Å². The Bertz CT molecular complexity index is 241. The highest BCUT2D eigenvalue weighted by molar-refractivity contribution is 6.27. The van der Waals surface area contributed by atoms with Gasteiger partial charge in [0.1, 0.15) is 5.88 Å². The van der Waals surface area contributed by atoms with E-state index in [2.05, 4.69) is 0 Å². The van der Waals surface area contributed by atoms with Crippen LogP contribution in [0, 0.1) is 5.41 Å². The first-order chi connectivity index (χ1) is 5.96. The van der Waals surface area contributed by atoms with Crippen molar-refractivity contribution >= 4 is 17.5 Å². The summed E-state index contributed by atoms with van der Waals surface area (Å²) < 4.78 is 25.1. The summed E-state index contributed by atoms with van der Waals surface area (Å²) in [4.78, 5) is 12.5. The van der Waals surface area contributed by atoms with Crippen molar-refractivity contribution in [3.8, 4) is 0 Å². The zero-order chi connectivity index (χ0) is 9.69. The molecule has 0 radical (unpaired) electrons. The average Bonchev–Trinajstić information content (AvgIpc) is 1.93. The Kier molecular flexibility index (Phi) is 1.81. The maximum atomic E-state index is 12.5. The van der Waals surface area contributed by atoms with E-state index in [1.807, 2.05) is 0 Å². The van der Waals surface area contributed by atoms with E-state index in [1.54, 1.807) is 4.90 Å². The lowest BCUT2D eigenvalue weighted by atomic mass is 9.61. The molecule has 1 saturated heterocycles. The molecular weight excluding hydrogens is 200 g/mol. The number of likely N-dealkylation sites (tertiary alicyclic amines) is 1. The number of halogens is 3. The van der Waals surface area contributed by atoms with E-state index >= 15 is 0 Å². The normalized spacial score (nSPS) is 28.1. The average molecular weight is 210 g/mol. The van der Waals surface area contributed by atoms with Crippen LogP contribution in [0.25, 0.3) is 0 Å². The summed E-state index contributed by atoms with van der Waals surface area (Å²) in [5.41, 5.74) is -0.273. The third-order valence-electron chi connectivity index (χ3n) is 2.79. The van der Waals surface area contributed by atoms with Crippen molar-refractivity contribution in [2.24, 2.45) is 5.41 Å². The molecule has 1 spiro atoms. The lowest BCUT2D eigenvalue weighted by Gasteiger charge is -2.58. The van der Waals surface area contributed by atoms with Crippen molar-refractivity contribution < 1.29 is 13.6 Å². The molecule has 0 aromatic carbocycles. The lowest BCUT2D eigenvalue weighted by Crippen LogP contribution is -2.67. The Morgan fingerprint density at radius 2 is 1.92 bits per heavy atom. The predicted molar refractivity (Wildman–Crippen MR) is 43.9 cm³/mol.